The topological polar surface area (TPSA) is 123 Å². The van der Waals surface area contributed by atoms with Gasteiger partial charge >= 0.3 is 6.03 Å². The van der Waals surface area contributed by atoms with Crippen LogP contribution >= 0.6 is 11.3 Å². The number of thiazole rings is 1. The molecule has 2 amide bonds. The minimum Gasteiger partial charge on any atom is -0.399 e. The summed E-state index contributed by atoms with van der Waals surface area (Å²) in [5, 5.41) is 19.3. The van der Waals surface area contributed by atoms with E-state index in [1.807, 2.05) is 36.6 Å². The molecule has 1 aromatic heterocycles. The first-order valence-corrected chi connectivity index (χ1v) is 9.65. The Kier molecular flexibility index (Phi) is 4.73. The summed E-state index contributed by atoms with van der Waals surface area (Å²) in [5.74, 6) is 0. The lowest BCUT2D eigenvalue weighted by Crippen LogP contribution is -2.42. The number of nitrogens with one attached hydrogen (secondary N) is 2. The number of nitro groups is 1. The molecule has 2 aromatic carbocycles. The quantitative estimate of drug-likeness (QED) is 0.341. The minimum atomic E-state index is -0.463. The highest BCUT2D eigenvalue weighted by Crippen LogP contribution is 2.37. The molecule has 0 radical (unpaired) electrons. The van der Waals surface area contributed by atoms with Crippen LogP contribution in [0, 0.1) is 10.1 Å². The first-order chi connectivity index (χ1) is 13.9. The van der Waals surface area contributed by atoms with Crippen LogP contribution in [-0.4, -0.2) is 15.9 Å². The fourth-order valence-corrected chi connectivity index (χ4v) is 4.16. The van der Waals surface area contributed by atoms with Crippen molar-refractivity contribution in [2.75, 3.05) is 5.73 Å². The third-order valence-electron chi connectivity index (χ3n) is 4.65. The van der Waals surface area contributed by atoms with E-state index >= 15 is 0 Å². The molecular weight excluding hydrogens is 390 g/mol. The fourth-order valence-electron chi connectivity index (χ4n) is 3.20. The molecule has 1 unspecified atom stereocenters. The number of hydrogen-bond acceptors (Lipinski definition) is 6. The van der Waals surface area contributed by atoms with Gasteiger partial charge in [-0.25, -0.2) is 9.78 Å². The number of rotatable bonds is 4. The van der Waals surface area contributed by atoms with Crippen LogP contribution in [0.4, 0.5) is 16.2 Å². The number of nitro benzene ring substituents is 1. The zero-order valence-electron chi connectivity index (χ0n) is 15.4. The van der Waals surface area contributed by atoms with Crippen molar-refractivity contribution in [3.8, 4) is 11.3 Å². The number of non-ortho nitro benzene ring substituents is 1. The molecule has 1 aliphatic rings. The predicted molar refractivity (Wildman–Crippen MR) is 112 cm³/mol. The first kappa shape index (κ1) is 18.6. The van der Waals surface area contributed by atoms with Crippen molar-refractivity contribution in [3.05, 3.63) is 80.3 Å². The molecule has 0 aliphatic carbocycles. The number of anilines is 1. The van der Waals surface area contributed by atoms with Crippen LogP contribution in [0.3, 0.4) is 0 Å². The van der Waals surface area contributed by atoms with Gasteiger partial charge in [-0.2, -0.15) is 0 Å². The summed E-state index contributed by atoms with van der Waals surface area (Å²) < 4.78 is 0. The smallest absolute Gasteiger partial charge is 0.319 e. The molecule has 9 heteroatoms. The van der Waals surface area contributed by atoms with Gasteiger partial charge in [0.25, 0.3) is 5.69 Å². The standard InChI is InChI=1S/C20H17N5O3S/c1-11-17(19-23-16(10-29-19)12-2-6-14(21)7-3-12)18(24-20(26)22-11)13-4-8-15(9-5-13)25(27)28/h2-10,18H,21H2,1H3,(H2,22,24,26). The van der Waals surface area contributed by atoms with E-state index in [0.29, 0.717) is 11.4 Å². The Morgan fingerprint density at radius 2 is 1.83 bits per heavy atom. The van der Waals surface area contributed by atoms with Crippen LogP contribution in [-0.2, 0) is 0 Å². The van der Waals surface area contributed by atoms with Crippen LogP contribution in [0.15, 0.2) is 59.6 Å². The number of carbonyl (C=O) groups is 1. The Hall–Kier alpha value is -3.72. The van der Waals surface area contributed by atoms with Gasteiger partial charge in [0.2, 0.25) is 0 Å². The monoisotopic (exact) mass is 407 g/mol. The van der Waals surface area contributed by atoms with Crippen LogP contribution in [0.2, 0.25) is 0 Å². The van der Waals surface area contributed by atoms with Crippen LogP contribution < -0.4 is 16.4 Å². The molecule has 0 saturated heterocycles. The molecule has 0 fully saturated rings. The van der Waals surface area contributed by atoms with Gasteiger partial charge in [0.15, 0.2) is 0 Å². The van der Waals surface area contributed by atoms with Gasteiger partial charge in [-0.15, -0.1) is 11.3 Å². The molecule has 4 N–H and O–H groups in total. The summed E-state index contributed by atoms with van der Waals surface area (Å²) in [5.41, 5.74) is 10.4. The maximum Gasteiger partial charge on any atom is 0.319 e. The van der Waals surface area contributed by atoms with Crippen molar-refractivity contribution >= 4 is 34.3 Å². The number of amides is 2. The van der Waals surface area contributed by atoms with E-state index in [4.69, 9.17) is 10.7 Å². The Labute approximate surface area is 170 Å². The lowest BCUT2D eigenvalue weighted by Gasteiger charge is -2.28. The summed E-state index contributed by atoms with van der Waals surface area (Å²) in [4.78, 5) is 27.3. The molecule has 1 aliphatic heterocycles. The number of benzene rings is 2. The predicted octanol–water partition coefficient (Wildman–Crippen LogP) is 4.09. The third-order valence-corrected chi connectivity index (χ3v) is 5.52. The van der Waals surface area contributed by atoms with E-state index in [1.54, 1.807) is 12.1 Å². The molecule has 0 spiro atoms. The van der Waals surface area contributed by atoms with Gasteiger partial charge in [-0.1, -0.05) is 12.1 Å². The maximum atomic E-state index is 12.1. The number of allylic oxidation sites excluding steroid dienone is 1. The Bertz CT molecular complexity index is 1120. The Morgan fingerprint density at radius 1 is 1.14 bits per heavy atom. The largest absolute Gasteiger partial charge is 0.399 e. The van der Waals surface area contributed by atoms with Crippen LogP contribution in [0.25, 0.3) is 16.8 Å². The van der Waals surface area contributed by atoms with E-state index in [0.717, 1.165) is 27.4 Å². The van der Waals surface area contributed by atoms with E-state index in [-0.39, 0.29) is 11.7 Å². The molecule has 0 saturated carbocycles. The highest BCUT2D eigenvalue weighted by atomic mass is 32.1. The summed E-state index contributed by atoms with van der Waals surface area (Å²) in [6.45, 7) is 1.82. The molecule has 3 aromatic rings. The van der Waals surface area contributed by atoms with Gasteiger partial charge in [0.05, 0.1) is 16.7 Å². The van der Waals surface area contributed by atoms with Gasteiger partial charge in [-0.3, -0.25) is 10.1 Å². The van der Waals surface area contributed by atoms with Crippen molar-refractivity contribution in [1.29, 1.82) is 0 Å². The fraction of sp³-hybridized carbons (Fsp3) is 0.100. The number of nitrogen functional groups attached to an aromatic ring is 1. The van der Waals surface area contributed by atoms with E-state index in [9.17, 15) is 14.9 Å². The van der Waals surface area contributed by atoms with Crippen molar-refractivity contribution in [3.63, 3.8) is 0 Å². The maximum absolute atomic E-state index is 12.1. The number of nitrogens with zero attached hydrogens (tertiary/aromatic N) is 2. The molecule has 8 nitrogen and oxygen atoms in total. The summed E-state index contributed by atoms with van der Waals surface area (Å²) >= 11 is 1.47. The Balaban J connectivity index is 1.73. The highest BCUT2D eigenvalue weighted by Gasteiger charge is 2.29. The van der Waals surface area contributed by atoms with Crippen molar-refractivity contribution in [1.82, 2.24) is 15.6 Å². The zero-order valence-corrected chi connectivity index (χ0v) is 16.2. The van der Waals surface area contributed by atoms with Gasteiger partial charge in [-0.05, 0) is 36.8 Å². The summed E-state index contributed by atoms with van der Waals surface area (Å²) in [6, 6.07) is 12.8. The second-order valence-corrected chi connectivity index (χ2v) is 7.44. The average molecular weight is 407 g/mol. The first-order valence-electron chi connectivity index (χ1n) is 8.77. The van der Waals surface area contributed by atoms with E-state index in [2.05, 4.69) is 10.6 Å². The molecule has 2 heterocycles. The lowest BCUT2D eigenvalue weighted by atomic mass is 9.96. The molecule has 146 valence electrons. The summed E-state index contributed by atoms with van der Waals surface area (Å²) in [7, 11) is 0. The normalized spacial score (nSPS) is 16.3. The van der Waals surface area contributed by atoms with E-state index < -0.39 is 11.0 Å². The highest BCUT2D eigenvalue weighted by molar-refractivity contribution is 7.11. The van der Waals surface area contributed by atoms with Crippen molar-refractivity contribution < 1.29 is 9.72 Å². The van der Waals surface area contributed by atoms with Gasteiger partial charge in [0.1, 0.15) is 5.01 Å². The van der Waals surface area contributed by atoms with Crippen molar-refractivity contribution in [2.45, 2.75) is 13.0 Å². The molecule has 0 bridgehead atoms. The second-order valence-electron chi connectivity index (χ2n) is 6.58. The molecular formula is C20H17N5O3S. The minimum absolute atomic E-state index is 0.00357. The van der Waals surface area contributed by atoms with Crippen LogP contribution in [0.1, 0.15) is 23.5 Å². The number of carbonyl (C=O) groups excluding carboxylic acids is 1. The number of aromatic nitrogens is 1. The Morgan fingerprint density at radius 3 is 2.48 bits per heavy atom. The number of nitrogens with two attached hydrogens (primary N) is 1. The zero-order chi connectivity index (χ0) is 20.5. The third kappa shape index (κ3) is 3.67. The summed E-state index contributed by atoms with van der Waals surface area (Å²) in [6.07, 6.45) is 0. The van der Waals surface area contributed by atoms with Gasteiger partial charge < -0.3 is 16.4 Å². The molecule has 29 heavy (non-hydrogen) atoms. The SMILES string of the molecule is CC1=C(c2nc(-c3ccc(N)cc3)cs2)C(c2ccc([N+](=O)[O-])cc2)NC(=O)N1. The average Bonchev–Trinajstić information content (AvgIpc) is 3.17. The number of urea groups is 1. The van der Waals surface area contributed by atoms with Gasteiger partial charge in [0, 0.05) is 40.0 Å². The second kappa shape index (κ2) is 7.36. The van der Waals surface area contributed by atoms with Crippen molar-refractivity contribution in [2.24, 2.45) is 0 Å². The number of hydrogen-bond donors (Lipinski definition) is 3. The van der Waals surface area contributed by atoms with E-state index in [1.165, 1.54) is 23.5 Å². The molecule has 1 atom stereocenters. The van der Waals surface area contributed by atoms with Crippen LogP contribution in [0.5, 0.6) is 0 Å². The lowest BCUT2D eigenvalue weighted by molar-refractivity contribution is -0.384. The molecule has 4 rings (SSSR count).